The van der Waals surface area contributed by atoms with Crippen LogP contribution in [0.15, 0.2) is 73.2 Å². The van der Waals surface area contributed by atoms with Gasteiger partial charge in [-0.3, -0.25) is 0 Å². The van der Waals surface area contributed by atoms with E-state index >= 15 is 0 Å². The molecule has 3 heterocycles. The molecule has 6 rings (SSSR count). The molecule has 0 fully saturated rings. The minimum Gasteiger partial charge on any atom is -0.345 e. The van der Waals surface area contributed by atoms with Gasteiger partial charge in [0.25, 0.3) is 0 Å². The van der Waals surface area contributed by atoms with Crippen LogP contribution in [0.1, 0.15) is 0 Å². The van der Waals surface area contributed by atoms with Crippen LogP contribution in [0.4, 0.5) is 0 Å². The maximum atomic E-state index is 4.80. The second-order valence-electron chi connectivity index (χ2n) is 6.59. The molecule has 0 saturated carbocycles. The average molecular weight is 379 g/mol. The Morgan fingerprint density at radius 3 is 2.61 bits per heavy atom. The van der Waals surface area contributed by atoms with Crippen LogP contribution in [0, 0.1) is 0 Å². The normalized spacial score (nSPS) is 11.6. The van der Waals surface area contributed by atoms with Gasteiger partial charge < -0.3 is 4.98 Å². The third-order valence-electron chi connectivity index (χ3n) is 4.80. The minimum absolute atomic E-state index is 0.693. The third-order valence-corrected chi connectivity index (χ3v) is 5.89. The number of benzene rings is 3. The molecule has 0 bridgehead atoms. The first-order valence-electron chi connectivity index (χ1n) is 8.90. The summed E-state index contributed by atoms with van der Waals surface area (Å²) < 4.78 is 1.19. The van der Waals surface area contributed by atoms with Gasteiger partial charge in [0.2, 0.25) is 0 Å². The quantitative estimate of drug-likeness (QED) is 0.434. The van der Waals surface area contributed by atoms with Gasteiger partial charge in [0.05, 0.1) is 33.1 Å². The van der Waals surface area contributed by atoms with Gasteiger partial charge in [-0.25, -0.2) is 19.9 Å². The van der Waals surface area contributed by atoms with E-state index in [4.69, 9.17) is 9.97 Å². The second kappa shape index (κ2) is 5.94. The van der Waals surface area contributed by atoms with Crippen molar-refractivity contribution in [2.75, 3.05) is 0 Å². The summed E-state index contributed by atoms with van der Waals surface area (Å²) in [6, 6.07) is 20.4. The Labute approximate surface area is 163 Å². The largest absolute Gasteiger partial charge is 0.345 e. The Bertz CT molecular complexity index is 1410. The number of hydrogen-bond acceptors (Lipinski definition) is 5. The predicted molar refractivity (Wildman–Crippen MR) is 113 cm³/mol. The van der Waals surface area contributed by atoms with Crippen molar-refractivity contribution in [3.05, 3.63) is 73.2 Å². The number of thiazole rings is 1. The minimum atomic E-state index is 0.693. The average Bonchev–Trinajstić information content (AvgIpc) is 3.39. The van der Waals surface area contributed by atoms with E-state index in [1.807, 2.05) is 42.6 Å². The lowest BCUT2D eigenvalue weighted by molar-refractivity contribution is 1.23. The van der Waals surface area contributed by atoms with E-state index in [0.717, 1.165) is 43.6 Å². The molecule has 1 N–H and O–H groups in total. The Kier molecular flexibility index (Phi) is 3.27. The van der Waals surface area contributed by atoms with E-state index < -0.39 is 0 Å². The van der Waals surface area contributed by atoms with Crippen molar-refractivity contribution in [2.45, 2.75) is 0 Å². The number of aromatic nitrogens is 5. The monoisotopic (exact) mass is 379 g/mol. The van der Waals surface area contributed by atoms with Crippen LogP contribution in [0.5, 0.6) is 0 Å². The number of nitrogens with zero attached hydrogens (tertiary/aromatic N) is 4. The van der Waals surface area contributed by atoms with Crippen LogP contribution >= 0.6 is 11.3 Å². The first kappa shape index (κ1) is 15.4. The third kappa shape index (κ3) is 2.46. The number of H-pyrrole nitrogens is 1. The molecule has 132 valence electrons. The summed E-state index contributed by atoms with van der Waals surface area (Å²) in [5.74, 6) is 0.693. The van der Waals surface area contributed by atoms with E-state index in [1.54, 1.807) is 17.7 Å². The van der Waals surface area contributed by atoms with Crippen molar-refractivity contribution < 1.29 is 0 Å². The van der Waals surface area contributed by atoms with Crippen molar-refractivity contribution >= 4 is 43.5 Å². The molecule has 0 aliphatic carbocycles. The number of rotatable bonds is 2. The fourth-order valence-electron chi connectivity index (χ4n) is 3.36. The lowest BCUT2D eigenvalue weighted by atomic mass is 10.1. The van der Waals surface area contributed by atoms with Crippen LogP contribution in [0.25, 0.3) is 54.1 Å². The molecule has 28 heavy (non-hydrogen) atoms. The SMILES string of the molecule is c1ccc2sc(-c3ccc4cnc(-c5ccc6[nH]cnc6c5)nc4c3)nc2c1. The zero-order chi connectivity index (χ0) is 18.5. The van der Waals surface area contributed by atoms with Crippen molar-refractivity contribution in [2.24, 2.45) is 0 Å². The number of hydrogen-bond donors (Lipinski definition) is 1. The Morgan fingerprint density at radius 1 is 0.750 bits per heavy atom. The topological polar surface area (TPSA) is 67.3 Å². The summed E-state index contributed by atoms with van der Waals surface area (Å²) >= 11 is 1.70. The van der Waals surface area contributed by atoms with Crippen LogP contribution in [0.3, 0.4) is 0 Å². The number of para-hydroxylation sites is 1. The number of imidazole rings is 1. The standard InChI is InChI=1S/C22H13N5S/c1-2-4-20-17(3-1)27-22(28-20)14-5-6-15-11-23-21(26-18(15)10-14)13-7-8-16-19(9-13)25-12-24-16/h1-12H,(H,24,25). The molecule has 0 unspecified atom stereocenters. The van der Waals surface area contributed by atoms with Crippen molar-refractivity contribution in [3.8, 4) is 22.0 Å². The lowest BCUT2D eigenvalue weighted by Gasteiger charge is -2.04. The zero-order valence-corrected chi connectivity index (χ0v) is 15.4. The molecule has 0 atom stereocenters. The fourth-order valence-corrected chi connectivity index (χ4v) is 4.32. The summed E-state index contributed by atoms with van der Waals surface area (Å²) in [7, 11) is 0. The van der Waals surface area contributed by atoms with Crippen molar-refractivity contribution in [3.63, 3.8) is 0 Å². The summed E-state index contributed by atoms with van der Waals surface area (Å²) in [5.41, 5.74) is 5.86. The summed E-state index contributed by atoms with van der Waals surface area (Å²) in [6.45, 7) is 0. The Hall–Kier alpha value is -3.64. The van der Waals surface area contributed by atoms with E-state index in [-0.39, 0.29) is 0 Å². The van der Waals surface area contributed by atoms with E-state index in [1.165, 1.54) is 4.70 Å². The zero-order valence-electron chi connectivity index (χ0n) is 14.6. The number of nitrogens with one attached hydrogen (secondary N) is 1. The number of aromatic amines is 1. The fraction of sp³-hybridized carbons (Fsp3) is 0. The summed E-state index contributed by atoms with van der Waals surface area (Å²) in [5, 5.41) is 2.01. The first-order valence-corrected chi connectivity index (χ1v) is 9.71. The highest BCUT2D eigenvalue weighted by atomic mass is 32.1. The summed E-state index contributed by atoms with van der Waals surface area (Å²) in [4.78, 5) is 21.5. The molecule has 6 heteroatoms. The molecular formula is C22H13N5S. The lowest BCUT2D eigenvalue weighted by Crippen LogP contribution is -1.90. The molecule has 5 nitrogen and oxygen atoms in total. The van der Waals surface area contributed by atoms with Crippen molar-refractivity contribution in [1.29, 1.82) is 0 Å². The molecule has 0 aliphatic rings. The molecule has 0 aliphatic heterocycles. The van der Waals surface area contributed by atoms with Crippen LogP contribution in [0.2, 0.25) is 0 Å². The molecule has 3 aromatic heterocycles. The van der Waals surface area contributed by atoms with Gasteiger partial charge in [-0.15, -0.1) is 11.3 Å². The Morgan fingerprint density at radius 2 is 1.64 bits per heavy atom. The summed E-state index contributed by atoms with van der Waals surface area (Å²) in [6.07, 6.45) is 3.56. The van der Waals surface area contributed by atoms with E-state index in [2.05, 4.69) is 39.2 Å². The maximum absolute atomic E-state index is 4.80. The highest BCUT2D eigenvalue weighted by Crippen LogP contribution is 2.31. The smallest absolute Gasteiger partial charge is 0.159 e. The van der Waals surface area contributed by atoms with Gasteiger partial charge in [0, 0.05) is 22.7 Å². The highest BCUT2D eigenvalue weighted by molar-refractivity contribution is 7.21. The predicted octanol–water partition coefficient (Wildman–Crippen LogP) is 5.45. The van der Waals surface area contributed by atoms with Crippen LogP contribution in [-0.4, -0.2) is 24.9 Å². The number of fused-ring (bicyclic) bond motifs is 3. The maximum Gasteiger partial charge on any atom is 0.159 e. The van der Waals surface area contributed by atoms with Crippen LogP contribution < -0.4 is 0 Å². The second-order valence-corrected chi connectivity index (χ2v) is 7.62. The molecule has 3 aromatic carbocycles. The van der Waals surface area contributed by atoms with Gasteiger partial charge in [0.1, 0.15) is 5.01 Å². The van der Waals surface area contributed by atoms with Crippen LogP contribution in [-0.2, 0) is 0 Å². The van der Waals surface area contributed by atoms with Gasteiger partial charge in [-0.1, -0.05) is 24.3 Å². The first-order chi connectivity index (χ1) is 13.8. The van der Waals surface area contributed by atoms with Crippen molar-refractivity contribution in [1.82, 2.24) is 24.9 Å². The van der Waals surface area contributed by atoms with Gasteiger partial charge >= 0.3 is 0 Å². The molecular weight excluding hydrogens is 366 g/mol. The van der Waals surface area contributed by atoms with Gasteiger partial charge in [0.15, 0.2) is 5.82 Å². The van der Waals surface area contributed by atoms with Gasteiger partial charge in [-0.2, -0.15) is 0 Å². The van der Waals surface area contributed by atoms with Gasteiger partial charge in [-0.05, 0) is 36.4 Å². The molecule has 0 amide bonds. The Balaban J connectivity index is 1.48. The van der Waals surface area contributed by atoms with E-state index in [0.29, 0.717) is 5.82 Å². The molecule has 0 radical (unpaired) electrons. The molecule has 0 spiro atoms. The highest BCUT2D eigenvalue weighted by Gasteiger charge is 2.09. The van der Waals surface area contributed by atoms with E-state index in [9.17, 15) is 0 Å². The molecule has 0 saturated heterocycles. The molecule has 6 aromatic rings.